The molecule has 1 saturated carbocycles. The molecule has 2 aromatic rings. The Morgan fingerprint density at radius 1 is 1.32 bits per heavy atom. The van der Waals surface area contributed by atoms with Gasteiger partial charge in [0.05, 0.1) is 18.0 Å². The average Bonchev–Trinajstić information content (AvgIpc) is 3.33. The van der Waals surface area contributed by atoms with E-state index in [4.69, 9.17) is 20.6 Å². The standard InChI is InChI=1S/C18H23N5O2/c1-18(5-6-18)25-12-3-4-14(19)13(9-12)17(20)15-10-16(23-11-22-15)21-7-8-24-2/h3-4,9-11,20H,5-8,19H2,1-2H3,(H,21,22,23). The molecule has 132 valence electrons. The zero-order chi connectivity index (χ0) is 17.9. The molecule has 1 aromatic carbocycles. The van der Waals surface area contributed by atoms with Gasteiger partial charge in [0.15, 0.2) is 0 Å². The van der Waals surface area contributed by atoms with Crippen LogP contribution in [0, 0.1) is 5.41 Å². The summed E-state index contributed by atoms with van der Waals surface area (Å²) < 4.78 is 11.0. The third-order valence-electron chi connectivity index (χ3n) is 4.15. The van der Waals surface area contributed by atoms with Gasteiger partial charge in [-0.2, -0.15) is 0 Å². The third-order valence-corrected chi connectivity index (χ3v) is 4.15. The van der Waals surface area contributed by atoms with Crippen LogP contribution in [0.1, 0.15) is 31.0 Å². The van der Waals surface area contributed by atoms with Crippen molar-refractivity contribution in [1.29, 1.82) is 5.41 Å². The lowest BCUT2D eigenvalue weighted by Gasteiger charge is -2.15. The second-order valence-electron chi connectivity index (χ2n) is 6.38. The average molecular weight is 341 g/mol. The number of nitrogens with zero attached hydrogens (tertiary/aromatic N) is 2. The molecule has 0 atom stereocenters. The molecular weight excluding hydrogens is 318 g/mol. The summed E-state index contributed by atoms with van der Waals surface area (Å²) >= 11 is 0. The van der Waals surface area contributed by atoms with E-state index in [2.05, 4.69) is 22.2 Å². The van der Waals surface area contributed by atoms with Gasteiger partial charge in [0.2, 0.25) is 0 Å². The van der Waals surface area contributed by atoms with Crippen molar-refractivity contribution in [2.24, 2.45) is 0 Å². The lowest BCUT2D eigenvalue weighted by molar-refractivity contribution is 0.200. The summed E-state index contributed by atoms with van der Waals surface area (Å²) in [6, 6.07) is 7.14. The summed E-state index contributed by atoms with van der Waals surface area (Å²) in [7, 11) is 1.64. The number of benzene rings is 1. The molecular formula is C18H23N5O2. The predicted octanol–water partition coefficient (Wildman–Crippen LogP) is 2.46. The van der Waals surface area contributed by atoms with Crippen LogP contribution in [-0.4, -0.2) is 41.5 Å². The molecule has 7 heteroatoms. The van der Waals surface area contributed by atoms with Crippen LogP contribution in [0.4, 0.5) is 11.5 Å². The highest BCUT2D eigenvalue weighted by Gasteiger charge is 2.40. The molecule has 1 aliphatic rings. The zero-order valence-electron chi connectivity index (χ0n) is 14.5. The maximum absolute atomic E-state index is 8.49. The molecule has 0 unspecified atom stereocenters. The van der Waals surface area contributed by atoms with Crippen molar-refractivity contribution in [3.8, 4) is 5.75 Å². The van der Waals surface area contributed by atoms with E-state index in [9.17, 15) is 0 Å². The zero-order valence-corrected chi connectivity index (χ0v) is 14.5. The largest absolute Gasteiger partial charge is 0.488 e. The lowest BCUT2D eigenvalue weighted by Crippen LogP contribution is -2.14. The van der Waals surface area contributed by atoms with Crippen molar-refractivity contribution in [3.63, 3.8) is 0 Å². The van der Waals surface area contributed by atoms with E-state index in [-0.39, 0.29) is 11.3 Å². The van der Waals surface area contributed by atoms with Gasteiger partial charge < -0.3 is 20.5 Å². The van der Waals surface area contributed by atoms with Gasteiger partial charge in [-0.1, -0.05) is 0 Å². The van der Waals surface area contributed by atoms with Gasteiger partial charge in [0.1, 0.15) is 23.5 Å². The SMILES string of the molecule is COCCNc1cc(C(=N)c2cc(OC3(C)CC3)ccc2N)ncn1. The molecule has 0 bridgehead atoms. The van der Waals surface area contributed by atoms with Crippen LogP contribution in [0.5, 0.6) is 5.75 Å². The minimum atomic E-state index is -0.0804. The number of aromatic nitrogens is 2. The first-order valence-electron chi connectivity index (χ1n) is 8.23. The second kappa shape index (κ2) is 7.06. The number of nitrogen functional groups attached to an aromatic ring is 1. The molecule has 3 rings (SSSR count). The Kier molecular flexibility index (Phi) is 4.85. The Balaban J connectivity index is 1.80. The van der Waals surface area contributed by atoms with Crippen LogP contribution in [0.25, 0.3) is 0 Å². The summed E-state index contributed by atoms with van der Waals surface area (Å²) in [4.78, 5) is 8.35. The Hall–Kier alpha value is -2.67. The molecule has 0 aliphatic heterocycles. The quantitative estimate of drug-likeness (QED) is 0.387. The molecule has 0 amide bonds. The van der Waals surface area contributed by atoms with E-state index in [1.165, 1.54) is 6.33 Å². The van der Waals surface area contributed by atoms with Gasteiger partial charge in [-0.05, 0) is 38.0 Å². The van der Waals surface area contributed by atoms with Crippen molar-refractivity contribution in [2.45, 2.75) is 25.4 Å². The topological polar surface area (TPSA) is 106 Å². The Bertz CT molecular complexity index is 774. The van der Waals surface area contributed by atoms with E-state index in [0.717, 1.165) is 18.6 Å². The molecule has 25 heavy (non-hydrogen) atoms. The van der Waals surface area contributed by atoms with Gasteiger partial charge in [0.25, 0.3) is 0 Å². The molecule has 1 heterocycles. The first-order valence-corrected chi connectivity index (χ1v) is 8.23. The fourth-order valence-corrected chi connectivity index (χ4v) is 2.39. The third kappa shape index (κ3) is 4.24. The highest BCUT2D eigenvalue weighted by Crippen LogP contribution is 2.40. The van der Waals surface area contributed by atoms with E-state index in [1.54, 1.807) is 25.3 Å². The molecule has 1 fully saturated rings. The number of ether oxygens (including phenoxy) is 2. The maximum atomic E-state index is 8.49. The maximum Gasteiger partial charge on any atom is 0.130 e. The Morgan fingerprint density at radius 2 is 2.12 bits per heavy atom. The van der Waals surface area contributed by atoms with E-state index >= 15 is 0 Å². The van der Waals surface area contributed by atoms with Crippen LogP contribution < -0.4 is 15.8 Å². The number of nitrogens with one attached hydrogen (secondary N) is 2. The minimum absolute atomic E-state index is 0.0804. The Labute approximate surface area is 147 Å². The van der Waals surface area contributed by atoms with Crippen molar-refractivity contribution in [3.05, 3.63) is 41.9 Å². The molecule has 1 aromatic heterocycles. The van der Waals surface area contributed by atoms with Gasteiger partial charge in [-0.15, -0.1) is 0 Å². The number of anilines is 2. The van der Waals surface area contributed by atoms with Crippen molar-refractivity contribution < 1.29 is 9.47 Å². The van der Waals surface area contributed by atoms with Gasteiger partial charge in [-0.3, -0.25) is 5.41 Å². The van der Waals surface area contributed by atoms with E-state index in [1.807, 2.05) is 6.07 Å². The summed E-state index contributed by atoms with van der Waals surface area (Å²) in [6.07, 6.45) is 3.53. The molecule has 0 spiro atoms. The summed E-state index contributed by atoms with van der Waals surface area (Å²) in [6.45, 7) is 3.28. The molecule has 1 aliphatic carbocycles. The normalized spacial score (nSPS) is 14.8. The highest BCUT2D eigenvalue weighted by molar-refractivity contribution is 6.13. The van der Waals surface area contributed by atoms with Crippen molar-refractivity contribution in [1.82, 2.24) is 9.97 Å². The predicted molar refractivity (Wildman–Crippen MR) is 97.4 cm³/mol. The van der Waals surface area contributed by atoms with Crippen molar-refractivity contribution in [2.75, 3.05) is 31.3 Å². The van der Waals surface area contributed by atoms with Crippen molar-refractivity contribution >= 4 is 17.2 Å². The smallest absolute Gasteiger partial charge is 0.130 e. The number of nitrogens with two attached hydrogens (primary N) is 1. The van der Waals surface area contributed by atoms with E-state index in [0.29, 0.717) is 35.9 Å². The van der Waals surface area contributed by atoms with Crippen LogP contribution in [0.3, 0.4) is 0 Å². The molecule has 7 nitrogen and oxygen atoms in total. The first-order chi connectivity index (χ1) is 12.0. The van der Waals surface area contributed by atoms with Gasteiger partial charge >= 0.3 is 0 Å². The highest BCUT2D eigenvalue weighted by atomic mass is 16.5. The van der Waals surface area contributed by atoms with Crippen LogP contribution >= 0.6 is 0 Å². The Morgan fingerprint density at radius 3 is 2.84 bits per heavy atom. The van der Waals surface area contributed by atoms with Gasteiger partial charge in [-0.25, -0.2) is 9.97 Å². The fourth-order valence-electron chi connectivity index (χ4n) is 2.39. The van der Waals surface area contributed by atoms with Crippen LogP contribution in [0.15, 0.2) is 30.6 Å². The lowest BCUT2D eigenvalue weighted by atomic mass is 10.0. The molecule has 0 radical (unpaired) electrons. The number of hydrogen-bond acceptors (Lipinski definition) is 7. The fraction of sp³-hybridized carbons (Fsp3) is 0.389. The second-order valence-corrected chi connectivity index (χ2v) is 6.38. The number of hydrogen-bond donors (Lipinski definition) is 3. The van der Waals surface area contributed by atoms with Crippen LogP contribution in [-0.2, 0) is 4.74 Å². The molecule has 0 saturated heterocycles. The number of methoxy groups -OCH3 is 1. The summed E-state index contributed by atoms with van der Waals surface area (Å²) in [5.41, 5.74) is 7.84. The summed E-state index contributed by atoms with van der Waals surface area (Å²) in [5.74, 6) is 1.37. The first kappa shape index (κ1) is 17.2. The monoisotopic (exact) mass is 341 g/mol. The number of rotatable bonds is 8. The van der Waals surface area contributed by atoms with E-state index < -0.39 is 0 Å². The van der Waals surface area contributed by atoms with Crippen LogP contribution in [0.2, 0.25) is 0 Å². The molecule has 4 N–H and O–H groups in total. The minimum Gasteiger partial charge on any atom is -0.488 e. The summed E-state index contributed by atoms with van der Waals surface area (Å²) in [5, 5.41) is 11.6. The van der Waals surface area contributed by atoms with Gasteiger partial charge in [0, 0.05) is 31.0 Å².